The molecule has 1 N–H and O–H groups in total. The molecule has 4 atom stereocenters. The van der Waals surface area contributed by atoms with E-state index in [1.807, 2.05) is 90.3 Å². The first kappa shape index (κ1) is 47.3. The molecule has 0 saturated carbocycles. The number of aldehydes is 2. The molecular formula is C37H54Cl3N5O4S. The van der Waals surface area contributed by atoms with Crippen LogP contribution in [0.1, 0.15) is 33.3 Å². The molecule has 0 aromatic heterocycles. The maximum atomic E-state index is 13.9. The molecule has 0 radical (unpaired) electrons. The molecule has 1 heterocycles. The summed E-state index contributed by atoms with van der Waals surface area (Å²) >= 11 is 18.6. The van der Waals surface area contributed by atoms with Crippen LogP contribution in [0.5, 0.6) is 0 Å². The van der Waals surface area contributed by atoms with E-state index in [1.54, 1.807) is 52.7 Å². The molecule has 13 heteroatoms. The van der Waals surface area contributed by atoms with Gasteiger partial charge in [-0.1, -0.05) is 83.9 Å². The molecule has 0 spiro atoms. The number of amides is 1. The van der Waals surface area contributed by atoms with Gasteiger partial charge in [0.1, 0.15) is 35.8 Å². The molecule has 50 heavy (non-hydrogen) atoms. The zero-order valence-electron chi connectivity index (χ0n) is 30.7. The monoisotopic (exact) mass is 769 g/mol. The van der Waals surface area contributed by atoms with E-state index >= 15 is 0 Å². The lowest BCUT2D eigenvalue weighted by atomic mass is 10.0. The molecule has 2 aromatic carbocycles. The maximum Gasteiger partial charge on any atom is 0.243 e. The van der Waals surface area contributed by atoms with E-state index in [4.69, 9.17) is 39.6 Å². The summed E-state index contributed by atoms with van der Waals surface area (Å²) in [5, 5.41) is 4.27. The molecule has 1 aliphatic heterocycles. The molecule has 0 aliphatic carbocycles. The molecule has 3 rings (SSSR count). The molecule has 1 aliphatic rings. The van der Waals surface area contributed by atoms with Crippen LogP contribution < -0.4 is 5.32 Å². The summed E-state index contributed by atoms with van der Waals surface area (Å²) in [5.74, 6) is -0.228. The number of rotatable bonds is 12. The Morgan fingerprint density at radius 2 is 1.60 bits per heavy atom. The lowest BCUT2D eigenvalue weighted by molar-refractivity contribution is -0.150. The fourth-order valence-corrected chi connectivity index (χ4v) is 6.54. The van der Waals surface area contributed by atoms with Gasteiger partial charge in [-0.05, 0) is 105 Å². The van der Waals surface area contributed by atoms with E-state index in [-0.39, 0.29) is 29.9 Å². The molecule has 1 amide bonds. The van der Waals surface area contributed by atoms with Crippen molar-refractivity contribution < 1.29 is 18.6 Å². The number of likely N-dealkylation sites (N-methyl/N-ethyl adjacent to an activating group) is 2. The summed E-state index contributed by atoms with van der Waals surface area (Å²) in [5.41, 5.74) is 0.823. The highest BCUT2D eigenvalue weighted by atomic mass is 35.5. The largest absolute Gasteiger partial charge is 0.313 e. The summed E-state index contributed by atoms with van der Waals surface area (Å²) in [6.07, 6.45) is 10.7. The van der Waals surface area contributed by atoms with Crippen molar-refractivity contribution in [1.82, 2.24) is 24.3 Å². The SMILES string of the molecule is C=C/C=C\C=C/C.CC=O.CN(C)C.CNC1CN(S(=O)c2ccc(Cl)cc2Cl)C(CN(C)C(C)C)N(C(C=O)Cc2cccc(Cl)c2)C1=O. The highest BCUT2D eigenvalue weighted by Gasteiger charge is 2.46. The number of carbonyl (C=O) groups is 3. The van der Waals surface area contributed by atoms with Crippen molar-refractivity contribution >= 4 is 64.3 Å². The third kappa shape index (κ3) is 17.0. The third-order valence-electron chi connectivity index (χ3n) is 6.94. The maximum absolute atomic E-state index is 13.9. The van der Waals surface area contributed by atoms with Gasteiger partial charge in [-0.15, -0.1) is 0 Å². The van der Waals surface area contributed by atoms with Crippen molar-refractivity contribution in [3.63, 3.8) is 0 Å². The number of nitrogens with zero attached hydrogens (tertiary/aromatic N) is 4. The first-order valence-corrected chi connectivity index (χ1v) is 18.3. The topological polar surface area (TPSA) is 93.3 Å². The van der Waals surface area contributed by atoms with E-state index in [0.29, 0.717) is 21.5 Å². The Balaban J connectivity index is 0.00000145. The average molecular weight is 771 g/mol. The minimum atomic E-state index is -1.73. The zero-order valence-corrected chi connectivity index (χ0v) is 33.8. The summed E-state index contributed by atoms with van der Waals surface area (Å²) < 4.78 is 15.7. The Kier molecular flexibility index (Phi) is 24.8. The highest BCUT2D eigenvalue weighted by Crippen LogP contribution is 2.30. The number of hydrogen-bond donors (Lipinski definition) is 1. The van der Waals surface area contributed by atoms with Crippen LogP contribution in [0.2, 0.25) is 15.1 Å². The fourth-order valence-electron chi connectivity index (χ4n) is 4.38. The van der Waals surface area contributed by atoms with Crippen molar-refractivity contribution in [1.29, 1.82) is 0 Å². The van der Waals surface area contributed by atoms with Gasteiger partial charge in [0.25, 0.3) is 0 Å². The van der Waals surface area contributed by atoms with E-state index in [2.05, 4.69) is 16.8 Å². The summed E-state index contributed by atoms with van der Waals surface area (Å²) in [6.45, 7) is 11.6. The standard InChI is InChI=1S/C25H31Cl3N4O3S.C7H10.C3H9N.C2H4O/c1-16(2)30(4)14-24-31(36(35)23-9-8-19(27)12-21(23)28)13-22(29-3)25(34)32(24)20(15-33)11-17-6-5-7-18(26)10-17;1-3-5-7-6-4-2;1-4(2)3;1-2-3/h5-10,12,15-16,20,22,24,29H,11,13-14H2,1-4H3;3-7H,1H2,2H3;1-3H3;2H,1H3/b;6-4-,7-5-;;. The minimum Gasteiger partial charge on any atom is -0.313 e. The van der Waals surface area contributed by atoms with Crippen molar-refractivity contribution in [3.05, 3.63) is 100 Å². The minimum absolute atomic E-state index is 0.154. The Bertz CT molecular complexity index is 1420. The summed E-state index contributed by atoms with van der Waals surface area (Å²) in [6, 6.07) is 10.7. The van der Waals surface area contributed by atoms with E-state index in [1.165, 1.54) is 6.92 Å². The lowest BCUT2D eigenvalue weighted by Gasteiger charge is -2.49. The average Bonchev–Trinajstić information content (AvgIpc) is 3.04. The Labute approximate surface area is 317 Å². The van der Waals surface area contributed by atoms with Crippen molar-refractivity contribution in [2.24, 2.45) is 0 Å². The van der Waals surface area contributed by atoms with Crippen molar-refractivity contribution in [3.8, 4) is 0 Å². The summed E-state index contributed by atoms with van der Waals surface area (Å²) in [4.78, 5) is 40.9. The van der Waals surface area contributed by atoms with Crippen LogP contribution in [0, 0.1) is 0 Å². The number of carbonyl (C=O) groups excluding carboxylic acids is 3. The second-order valence-electron chi connectivity index (χ2n) is 11.8. The van der Waals surface area contributed by atoms with E-state index in [0.717, 1.165) is 18.1 Å². The molecule has 2 aromatic rings. The predicted octanol–water partition coefficient (Wildman–Crippen LogP) is 6.57. The van der Waals surface area contributed by atoms with Gasteiger partial charge in [-0.2, -0.15) is 4.31 Å². The molecule has 1 saturated heterocycles. The van der Waals surface area contributed by atoms with Gasteiger partial charge < -0.3 is 29.6 Å². The molecule has 1 fully saturated rings. The zero-order chi connectivity index (χ0) is 38.4. The number of hydrogen-bond acceptors (Lipinski definition) is 7. The molecule has 9 nitrogen and oxygen atoms in total. The highest BCUT2D eigenvalue weighted by molar-refractivity contribution is 7.82. The molecule has 0 bridgehead atoms. The quantitative estimate of drug-likeness (QED) is 0.193. The second-order valence-corrected chi connectivity index (χ2v) is 14.5. The number of benzene rings is 2. The van der Waals surface area contributed by atoms with Gasteiger partial charge in [0.05, 0.1) is 16.0 Å². The van der Waals surface area contributed by atoms with Crippen LogP contribution in [0.4, 0.5) is 0 Å². The van der Waals surface area contributed by atoms with Crippen LogP contribution in [-0.2, 0) is 31.8 Å². The van der Waals surface area contributed by atoms with E-state index < -0.39 is 29.2 Å². The van der Waals surface area contributed by atoms with Crippen molar-refractivity contribution in [2.75, 3.05) is 48.3 Å². The van der Waals surface area contributed by atoms with Gasteiger partial charge in [-0.25, -0.2) is 4.21 Å². The van der Waals surface area contributed by atoms with Crippen LogP contribution in [0.3, 0.4) is 0 Å². The molecule has 278 valence electrons. The van der Waals surface area contributed by atoms with Gasteiger partial charge >= 0.3 is 0 Å². The number of halogens is 3. The third-order valence-corrected chi connectivity index (χ3v) is 9.39. The Hall–Kier alpha value is -2.67. The normalized spacial score (nSPS) is 17.4. The van der Waals surface area contributed by atoms with Crippen molar-refractivity contribution in [2.45, 2.75) is 63.3 Å². The smallest absolute Gasteiger partial charge is 0.243 e. The van der Waals surface area contributed by atoms with Crippen LogP contribution in [0.25, 0.3) is 0 Å². The van der Waals surface area contributed by atoms with Crippen LogP contribution >= 0.6 is 34.8 Å². The predicted molar refractivity (Wildman–Crippen MR) is 211 cm³/mol. The van der Waals surface area contributed by atoms with Gasteiger partial charge in [0.2, 0.25) is 5.91 Å². The molecule has 4 unspecified atom stereocenters. The Morgan fingerprint density at radius 1 is 1.00 bits per heavy atom. The van der Waals surface area contributed by atoms with Gasteiger partial charge in [-0.3, -0.25) is 4.79 Å². The first-order valence-electron chi connectivity index (χ1n) is 16.1. The van der Waals surface area contributed by atoms with Crippen LogP contribution in [-0.4, -0.2) is 114 Å². The lowest BCUT2D eigenvalue weighted by Crippen LogP contribution is -2.70. The van der Waals surface area contributed by atoms with Gasteiger partial charge in [0.15, 0.2) is 0 Å². The fraction of sp³-hybridized carbons (Fsp3) is 0.432. The molecular weight excluding hydrogens is 717 g/mol. The number of nitrogens with one attached hydrogen (secondary N) is 1. The second kappa shape index (κ2) is 26.2. The van der Waals surface area contributed by atoms with Gasteiger partial charge in [0, 0.05) is 29.2 Å². The number of allylic oxidation sites excluding steroid dienone is 5. The first-order chi connectivity index (χ1) is 23.6. The van der Waals surface area contributed by atoms with E-state index in [9.17, 15) is 13.8 Å². The summed E-state index contributed by atoms with van der Waals surface area (Å²) in [7, 11) is 7.87. The Morgan fingerprint density at radius 3 is 2.08 bits per heavy atom. The van der Waals surface area contributed by atoms with Crippen LogP contribution in [0.15, 0.2) is 84.3 Å².